The van der Waals surface area contributed by atoms with Gasteiger partial charge in [0.25, 0.3) is 0 Å². The summed E-state index contributed by atoms with van der Waals surface area (Å²) in [5.41, 5.74) is 0. The smallest absolute Gasteiger partial charge is 0.306 e. The molecule has 0 heterocycles. The molecule has 6 heteroatoms. The van der Waals surface area contributed by atoms with Crippen molar-refractivity contribution in [2.45, 2.75) is 291 Å². The number of rotatable bonds is 46. The van der Waals surface area contributed by atoms with Crippen molar-refractivity contribution in [1.29, 1.82) is 0 Å². The molecule has 0 aromatic heterocycles. The Morgan fingerprint density at radius 3 is 0.860 bits per heavy atom. The van der Waals surface area contributed by atoms with Crippen molar-refractivity contribution in [3.8, 4) is 0 Å². The van der Waals surface area contributed by atoms with Crippen LogP contribution in [-0.2, 0) is 28.6 Å². The molecule has 0 bridgehead atoms. The molecule has 0 aromatic carbocycles. The highest BCUT2D eigenvalue weighted by Crippen LogP contribution is 2.17. The molecule has 0 aliphatic heterocycles. The molecule has 0 fully saturated rings. The van der Waals surface area contributed by atoms with Crippen LogP contribution in [-0.4, -0.2) is 37.2 Å². The lowest BCUT2D eigenvalue weighted by Gasteiger charge is -2.18. The lowest BCUT2D eigenvalue weighted by Crippen LogP contribution is -2.30. The molecule has 0 aromatic rings. The molecule has 0 aliphatic rings. The van der Waals surface area contributed by atoms with Gasteiger partial charge in [-0.2, -0.15) is 0 Å². The number of ether oxygens (including phenoxy) is 3. The number of carbonyl (C=O) groups excluding carboxylic acids is 3. The zero-order valence-corrected chi connectivity index (χ0v) is 38.8. The summed E-state index contributed by atoms with van der Waals surface area (Å²) >= 11 is 0. The van der Waals surface area contributed by atoms with Crippen LogP contribution in [0, 0.1) is 5.92 Å². The van der Waals surface area contributed by atoms with E-state index >= 15 is 0 Å². The molecular formula is C51H98O6. The normalized spacial score (nSPS) is 11.9. The molecule has 0 saturated carbocycles. The molecule has 57 heavy (non-hydrogen) atoms. The van der Waals surface area contributed by atoms with E-state index in [4.69, 9.17) is 14.2 Å². The summed E-state index contributed by atoms with van der Waals surface area (Å²) < 4.78 is 16.8. The van der Waals surface area contributed by atoms with Gasteiger partial charge in [-0.3, -0.25) is 14.4 Å². The Morgan fingerprint density at radius 2 is 0.579 bits per heavy atom. The van der Waals surface area contributed by atoms with Crippen molar-refractivity contribution in [2.24, 2.45) is 5.92 Å². The van der Waals surface area contributed by atoms with Crippen molar-refractivity contribution in [3.05, 3.63) is 0 Å². The minimum Gasteiger partial charge on any atom is -0.462 e. The predicted molar refractivity (Wildman–Crippen MR) is 243 cm³/mol. The molecule has 0 aliphatic carbocycles. The quantitative estimate of drug-likeness (QED) is 0.0346. The first-order valence-corrected chi connectivity index (χ1v) is 25.4. The molecule has 0 rings (SSSR count). The van der Waals surface area contributed by atoms with E-state index in [1.807, 2.05) is 0 Å². The number of hydrogen-bond acceptors (Lipinski definition) is 6. The summed E-state index contributed by atoms with van der Waals surface area (Å²) in [7, 11) is 0. The fourth-order valence-electron chi connectivity index (χ4n) is 7.69. The van der Waals surface area contributed by atoms with Crippen LogP contribution >= 0.6 is 0 Å². The standard InChI is InChI=1S/C51H98O6/c1-5-7-9-11-13-15-16-17-18-19-20-23-28-32-36-40-44-51(54)57-48(45-55-49(52)42-38-34-30-25-14-12-10-8-6-2)46-56-50(53)43-39-35-31-27-24-21-22-26-29-33-37-41-47(3)4/h47-48H,5-46H2,1-4H3/t48-/m0/s1. The highest BCUT2D eigenvalue weighted by molar-refractivity contribution is 5.71. The van der Waals surface area contributed by atoms with E-state index in [9.17, 15) is 14.4 Å². The van der Waals surface area contributed by atoms with Crippen molar-refractivity contribution in [2.75, 3.05) is 13.2 Å². The molecule has 0 N–H and O–H groups in total. The Kier molecular flexibility index (Phi) is 44.2. The van der Waals surface area contributed by atoms with Crippen LogP contribution in [0.2, 0.25) is 0 Å². The molecule has 338 valence electrons. The Morgan fingerprint density at radius 1 is 0.333 bits per heavy atom. The van der Waals surface area contributed by atoms with Crippen molar-refractivity contribution < 1.29 is 28.6 Å². The molecule has 0 spiro atoms. The SMILES string of the molecule is CCCCCCCCCCCCCCCCCCC(=O)O[C@@H](COC(=O)CCCCCCCCCCC)COC(=O)CCCCCCCCCCCCCC(C)C. The van der Waals surface area contributed by atoms with Gasteiger partial charge in [-0.25, -0.2) is 0 Å². The zero-order chi connectivity index (χ0) is 41.7. The van der Waals surface area contributed by atoms with E-state index in [1.165, 1.54) is 180 Å². The molecule has 6 nitrogen and oxygen atoms in total. The third kappa shape index (κ3) is 45.3. The maximum atomic E-state index is 12.8. The van der Waals surface area contributed by atoms with Gasteiger partial charge in [0, 0.05) is 19.3 Å². The number of carbonyl (C=O) groups is 3. The van der Waals surface area contributed by atoms with Gasteiger partial charge in [-0.15, -0.1) is 0 Å². The second-order valence-electron chi connectivity index (χ2n) is 17.9. The molecule has 0 radical (unpaired) electrons. The van der Waals surface area contributed by atoms with Crippen LogP contribution in [0.15, 0.2) is 0 Å². The van der Waals surface area contributed by atoms with E-state index in [0.717, 1.165) is 63.7 Å². The van der Waals surface area contributed by atoms with E-state index in [1.54, 1.807) is 0 Å². The lowest BCUT2D eigenvalue weighted by atomic mass is 10.0. The van der Waals surface area contributed by atoms with Gasteiger partial charge in [0.05, 0.1) is 0 Å². The third-order valence-electron chi connectivity index (χ3n) is 11.5. The Bertz CT molecular complexity index is 857. The van der Waals surface area contributed by atoms with Crippen molar-refractivity contribution in [3.63, 3.8) is 0 Å². The topological polar surface area (TPSA) is 78.9 Å². The predicted octanol–water partition coefficient (Wildman–Crippen LogP) is 16.3. The van der Waals surface area contributed by atoms with Gasteiger partial charge in [0.15, 0.2) is 6.10 Å². The van der Waals surface area contributed by atoms with Crippen LogP contribution < -0.4 is 0 Å². The first kappa shape index (κ1) is 55.4. The van der Waals surface area contributed by atoms with Gasteiger partial charge in [0.1, 0.15) is 13.2 Å². The van der Waals surface area contributed by atoms with E-state index < -0.39 is 6.10 Å². The van der Waals surface area contributed by atoms with E-state index in [0.29, 0.717) is 19.3 Å². The molecule has 0 unspecified atom stereocenters. The monoisotopic (exact) mass is 807 g/mol. The largest absolute Gasteiger partial charge is 0.462 e. The van der Waals surface area contributed by atoms with E-state index in [2.05, 4.69) is 27.7 Å². The fourth-order valence-corrected chi connectivity index (χ4v) is 7.69. The number of hydrogen-bond donors (Lipinski definition) is 0. The summed E-state index contributed by atoms with van der Waals surface area (Å²) in [6.07, 6.45) is 46.6. The van der Waals surface area contributed by atoms with Gasteiger partial charge < -0.3 is 14.2 Å². The Hall–Kier alpha value is -1.59. The second kappa shape index (κ2) is 45.5. The highest BCUT2D eigenvalue weighted by atomic mass is 16.6. The first-order chi connectivity index (χ1) is 27.9. The third-order valence-corrected chi connectivity index (χ3v) is 11.5. The first-order valence-electron chi connectivity index (χ1n) is 25.4. The maximum absolute atomic E-state index is 12.8. The average molecular weight is 807 g/mol. The zero-order valence-electron chi connectivity index (χ0n) is 38.8. The summed E-state index contributed by atoms with van der Waals surface area (Å²) in [5.74, 6) is -0.0215. The van der Waals surface area contributed by atoms with E-state index in [-0.39, 0.29) is 31.1 Å². The summed E-state index contributed by atoms with van der Waals surface area (Å²) in [4.78, 5) is 37.8. The highest BCUT2D eigenvalue weighted by Gasteiger charge is 2.19. The fraction of sp³-hybridized carbons (Fsp3) is 0.941. The van der Waals surface area contributed by atoms with Gasteiger partial charge in [-0.1, -0.05) is 246 Å². The van der Waals surface area contributed by atoms with Crippen LogP contribution in [0.1, 0.15) is 285 Å². The molecule has 0 saturated heterocycles. The van der Waals surface area contributed by atoms with Crippen LogP contribution in [0.3, 0.4) is 0 Å². The summed E-state index contributed by atoms with van der Waals surface area (Å²) in [6, 6.07) is 0. The molecule has 0 amide bonds. The average Bonchev–Trinajstić information content (AvgIpc) is 3.19. The van der Waals surface area contributed by atoms with Crippen molar-refractivity contribution in [1.82, 2.24) is 0 Å². The molecular weight excluding hydrogens is 709 g/mol. The second-order valence-corrected chi connectivity index (χ2v) is 17.9. The Balaban J connectivity index is 4.27. The van der Waals surface area contributed by atoms with Crippen LogP contribution in [0.4, 0.5) is 0 Å². The van der Waals surface area contributed by atoms with Gasteiger partial charge >= 0.3 is 17.9 Å². The van der Waals surface area contributed by atoms with Gasteiger partial charge in [0.2, 0.25) is 0 Å². The summed E-state index contributed by atoms with van der Waals surface area (Å²) in [6.45, 7) is 9.00. The van der Waals surface area contributed by atoms with Crippen molar-refractivity contribution >= 4 is 17.9 Å². The lowest BCUT2D eigenvalue weighted by molar-refractivity contribution is -0.167. The minimum atomic E-state index is -0.759. The number of unbranched alkanes of at least 4 members (excludes halogenated alkanes) is 33. The maximum Gasteiger partial charge on any atom is 0.306 e. The van der Waals surface area contributed by atoms with Gasteiger partial charge in [-0.05, 0) is 25.2 Å². The van der Waals surface area contributed by atoms with Crippen LogP contribution in [0.25, 0.3) is 0 Å². The van der Waals surface area contributed by atoms with Crippen LogP contribution in [0.5, 0.6) is 0 Å². The minimum absolute atomic E-state index is 0.0632. The Labute approximate surface area is 355 Å². The number of esters is 3. The molecule has 1 atom stereocenters. The summed E-state index contributed by atoms with van der Waals surface area (Å²) in [5, 5.41) is 0.